The zero-order valence-corrected chi connectivity index (χ0v) is 12.4. The Balaban J connectivity index is 2.86. The first-order valence-corrected chi connectivity index (χ1v) is 6.78. The van der Waals surface area contributed by atoms with Crippen LogP contribution in [0.25, 0.3) is 0 Å². The summed E-state index contributed by atoms with van der Waals surface area (Å²) in [6, 6.07) is 4.60. The quantitative estimate of drug-likeness (QED) is 0.451. The molecule has 5 nitrogen and oxygen atoms in total. The van der Waals surface area contributed by atoms with Crippen molar-refractivity contribution in [3.8, 4) is 5.75 Å². The predicted molar refractivity (Wildman–Crippen MR) is 78.7 cm³/mol. The van der Waals surface area contributed by atoms with Crippen LogP contribution < -0.4 is 10.1 Å². The van der Waals surface area contributed by atoms with Crippen LogP contribution in [0.3, 0.4) is 0 Å². The molecule has 0 spiro atoms. The predicted octanol–water partition coefficient (Wildman–Crippen LogP) is 3.38. The van der Waals surface area contributed by atoms with Crippen LogP contribution in [0.1, 0.15) is 18.9 Å². The Hall–Kier alpha value is -1.40. The Morgan fingerprint density at radius 1 is 1.58 bits per heavy atom. The van der Waals surface area contributed by atoms with Crippen molar-refractivity contribution in [2.75, 3.05) is 13.2 Å². The maximum absolute atomic E-state index is 10.8. The number of nitro benzene ring substituents is 1. The fourth-order valence-corrected chi connectivity index (χ4v) is 1.63. The van der Waals surface area contributed by atoms with Gasteiger partial charge in [0.15, 0.2) is 0 Å². The first kappa shape index (κ1) is 15.7. The Kier molecular flexibility index (Phi) is 6.52. The summed E-state index contributed by atoms with van der Waals surface area (Å²) in [6.07, 6.45) is 1.00. The van der Waals surface area contributed by atoms with Gasteiger partial charge < -0.3 is 10.1 Å². The second kappa shape index (κ2) is 7.91. The van der Waals surface area contributed by atoms with Crippen molar-refractivity contribution >= 4 is 21.6 Å². The van der Waals surface area contributed by atoms with Gasteiger partial charge in [-0.1, -0.05) is 29.4 Å². The smallest absolute Gasteiger partial charge is 0.270 e. The molecule has 0 saturated carbocycles. The Labute approximate surface area is 120 Å². The second-order valence-electron chi connectivity index (χ2n) is 4.03. The van der Waals surface area contributed by atoms with Gasteiger partial charge in [0.25, 0.3) is 5.69 Å². The number of hydrogen-bond acceptors (Lipinski definition) is 4. The van der Waals surface area contributed by atoms with Crippen molar-refractivity contribution in [2.24, 2.45) is 0 Å². The van der Waals surface area contributed by atoms with Crippen LogP contribution in [0.15, 0.2) is 29.3 Å². The Morgan fingerprint density at radius 2 is 2.32 bits per heavy atom. The van der Waals surface area contributed by atoms with E-state index in [0.717, 1.165) is 23.0 Å². The average Bonchev–Trinajstić information content (AvgIpc) is 2.37. The first-order chi connectivity index (χ1) is 9.04. The summed E-state index contributed by atoms with van der Waals surface area (Å²) in [4.78, 5) is 10.4. The van der Waals surface area contributed by atoms with E-state index in [9.17, 15) is 10.1 Å². The fourth-order valence-electron chi connectivity index (χ4n) is 1.51. The minimum Gasteiger partial charge on any atom is -0.488 e. The van der Waals surface area contributed by atoms with Crippen molar-refractivity contribution in [3.05, 3.63) is 44.9 Å². The number of non-ortho nitro benzene ring substituents is 1. The highest BCUT2D eigenvalue weighted by Crippen LogP contribution is 2.25. The summed E-state index contributed by atoms with van der Waals surface area (Å²) in [7, 11) is 0. The van der Waals surface area contributed by atoms with E-state index in [1.165, 1.54) is 12.1 Å². The summed E-state index contributed by atoms with van der Waals surface area (Å²) in [5, 5.41) is 14.0. The average molecular weight is 329 g/mol. The Bertz CT molecular complexity index is 463. The third-order valence-corrected chi connectivity index (χ3v) is 2.61. The molecule has 0 aliphatic heterocycles. The van der Waals surface area contributed by atoms with E-state index in [-0.39, 0.29) is 5.69 Å². The van der Waals surface area contributed by atoms with Crippen molar-refractivity contribution in [3.63, 3.8) is 0 Å². The highest BCUT2D eigenvalue weighted by Gasteiger charge is 2.11. The largest absolute Gasteiger partial charge is 0.488 e. The van der Waals surface area contributed by atoms with Crippen molar-refractivity contribution < 1.29 is 9.66 Å². The third-order valence-electron chi connectivity index (χ3n) is 2.38. The molecule has 1 rings (SSSR count). The van der Waals surface area contributed by atoms with Crippen LogP contribution in [0.2, 0.25) is 0 Å². The highest BCUT2D eigenvalue weighted by molar-refractivity contribution is 9.11. The molecule has 0 aliphatic rings. The molecule has 0 heterocycles. The minimum absolute atomic E-state index is 0.0679. The minimum atomic E-state index is -0.406. The lowest BCUT2D eigenvalue weighted by Crippen LogP contribution is -2.15. The molecule has 0 amide bonds. The molecule has 0 radical (unpaired) electrons. The summed E-state index contributed by atoms with van der Waals surface area (Å²) in [6.45, 7) is 7.48. The van der Waals surface area contributed by atoms with E-state index < -0.39 is 4.92 Å². The molecule has 0 atom stereocenters. The van der Waals surface area contributed by atoms with Crippen LogP contribution in [0.4, 0.5) is 5.69 Å². The standard InChI is InChI=1S/C13H17BrN2O3/c1-3-6-15-8-11-7-12(16(17)18)4-5-13(11)19-9-10(2)14/h4-5,7,15H,2-3,6,8-9H2,1H3. The van der Waals surface area contributed by atoms with Crippen molar-refractivity contribution in [1.82, 2.24) is 5.32 Å². The van der Waals surface area contributed by atoms with Gasteiger partial charge in [0.05, 0.1) is 4.92 Å². The number of benzene rings is 1. The van der Waals surface area contributed by atoms with Gasteiger partial charge in [-0.25, -0.2) is 0 Å². The molecular weight excluding hydrogens is 312 g/mol. The van der Waals surface area contributed by atoms with Crippen LogP contribution in [0, 0.1) is 10.1 Å². The van der Waals surface area contributed by atoms with E-state index in [1.54, 1.807) is 6.07 Å². The molecule has 1 aromatic carbocycles. The number of nitro groups is 1. The molecule has 0 fully saturated rings. The van der Waals surface area contributed by atoms with Crippen LogP contribution >= 0.6 is 15.9 Å². The molecule has 1 N–H and O–H groups in total. The number of halogens is 1. The molecular formula is C13H17BrN2O3. The van der Waals surface area contributed by atoms with Gasteiger partial charge in [-0.2, -0.15) is 0 Å². The van der Waals surface area contributed by atoms with Crippen molar-refractivity contribution in [2.45, 2.75) is 19.9 Å². The van der Waals surface area contributed by atoms with E-state index in [0.29, 0.717) is 18.9 Å². The van der Waals surface area contributed by atoms with Crippen molar-refractivity contribution in [1.29, 1.82) is 0 Å². The van der Waals surface area contributed by atoms with Crippen LogP contribution in [-0.4, -0.2) is 18.1 Å². The monoisotopic (exact) mass is 328 g/mol. The van der Waals surface area contributed by atoms with E-state index >= 15 is 0 Å². The fraction of sp³-hybridized carbons (Fsp3) is 0.385. The molecule has 19 heavy (non-hydrogen) atoms. The zero-order valence-electron chi connectivity index (χ0n) is 10.8. The SMILES string of the molecule is C=C(Br)COc1ccc([N+](=O)[O-])cc1CNCCC. The third kappa shape index (κ3) is 5.40. The van der Waals surface area contributed by atoms with Crippen LogP contribution in [0.5, 0.6) is 5.75 Å². The van der Waals surface area contributed by atoms with Gasteiger partial charge >= 0.3 is 0 Å². The molecule has 104 valence electrons. The van der Waals surface area contributed by atoms with Crippen LogP contribution in [-0.2, 0) is 6.54 Å². The van der Waals surface area contributed by atoms with Gasteiger partial charge in [-0.3, -0.25) is 10.1 Å². The molecule has 6 heteroatoms. The summed E-state index contributed by atoms with van der Waals surface area (Å²) in [5.41, 5.74) is 0.842. The number of nitrogens with zero attached hydrogens (tertiary/aromatic N) is 1. The summed E-state index contributed by atoms with van der Waals surface area (Å²) < 4.78 is 6.28. The molecule has 0 saturated heterocycles. The summed E-state index contributed by atoms with van der Waals surface area (Å²) >= 11 is 3.21. The van der Waals surface area contributed by atoms with Gasteiger partial charge in [0.1, 0.15) is 12.4 Å². The molecule has 0 bridgehead atoms. The number of hydrogen-bond donors (Lipinski definition) is 1. The highest BCUT2D eigenvalue weighted by atomic mass is 79.9. The molecule has 1 aromatic rings. The zero-order chi connectivity index (χ0) is 14.3. The number of ether oxygens (including phenoxy) is 1. The van der Waals surface area contributed by atoms with Gasteiger partial charge in [0, 0.05) is 28.7 Å². The molecule has 0 aromatic heterocycles. The maximum atomic E-state index is 10.8. The maximum Gasteiger partial charge on any atom is 0.270 e. The molecule has 0 aliphatic carbocycles. The first-order valence-electron chi connectivity index (χ1n) is 5.98. The van der Waals surface area contributed by atoms with E-state index in [2.05, 4.69) is 34.7 Å². The van der Waals surface area contributed by atoms with Gasteiger partial charge in [0.2, 0.25) is 0 Å². The normalized spacial score (nSPS) is 10.2. The number of rotatable bonds is 8. The van der Waals surface area contributed by atoms with E-state index in [1.807, 2.05) is 0 Å². The summed E-state index contributed by atoms with van der Waals surface area (Å²) in [5.74, 6) is 0.634. The second-order valence-corrected chi connectivity index (χ2v) is 5.15. The molecule has 0 unspecified atom stereocenters. The van der Waals surface area contributed by atoms with Gasteiger partial charge in [-0.15, -0.1) is 0 Å². The topological polar surface area (TPSA) is 64.4 Å². The van der Waals surface area contributed by atoms with Gasteiger partial charge in [-0.05, 0) is 19.0 Å². The number of nitrogens with one attached hydrogen (secondary N) is 1. The lowest BCUT2D eigenvalue weighted by molar-refractivity contribution is -0.384. The lowest BCUT2D eigenvalue weighted by Gasteiger charge is -2.11. The Morgan fingerprint density at radius 3 is 2.89 bits per heavy atom. The van der Waals surface area contributed by atoms with E-state index in [4.69, 9.17) is 4.74 Å². The lowest BCUT2D eigenvalue weighted by atomic mass is 10.1.